The number of pyridine rings is 1. The minimum atomic E-state index is -0.644. The smallest absolute Gasteiger partial charge is 0.294 e. The monoisotopic (exact) mass is 456 g/mol. The van der Waals surface area contributed by atoms with Gasteiger partial charge < -0.3 is 16.4 Å². The number of carbonyl (C=O) groups excluding carboxylic acids is 1. The number of fused-ring (bicyclic) bond motifs is 1. The molecule has 1 atom stereocenters. The Kier molecular flexibility index (Phi) is 6.09. The quantitative estimate of drug-likeness (QED) is 0.525. The summed E-state index contributed by atoms with van der Waals surface area (Å²) in [6.45, 7) is 2.25. The van der Waals surface area contributed by atoms with Gasteiger partial charge in [-0.3, -0.25) is 14.2 Å². The molecular formula is C22H22ClFN6O2. The second kappa shape index (κ2) is 8.96. The Labute approximate surface area is 188 Å². The number of nitrogens with two attached hydrogens (primary N) is 1. The number of anilines is 2. The van der Waals surface area contributed by atoms with Crippen LogP contribution in [0.25, 0.3) is 0 Å². The molecule has 1 aliphatic rings. The fraction of sp³-hybridized carbons (Fsp3) is 0.273. The zero-order valence-corrected chi connectivity index (χ0v) is 18.1. The summed E-state index contributed by atoms with van der Waals surface area (Å²) in [6.07, 6.45) is 4.20. The molecule has 0 spiro atoms. The van der Waals surface area contributed by atoms with Gasteiger partial charge in [0.05, 0.1) is 5.02 Å². The van der Waals surface area contributed by atoms with Crippen molar-refractivity contribution in [3.8, 4) is 0 Å². The lowest BCUT2D eigenvalue weighted by Gasteiger charge is -2.16. The van der Waals surface area contributed by atoms with E-state index in [1.807, 2.05) is 6.07 Å². The van der Waals surface area contributed by atoms with Gasteiger partial charge in [-0.1, -0.05) is 17.7 Å². The molecule has 0 aliphatic carbocycles. The van der Waals surface area contributed by atoms with Crippen molar-refractivity contribution >= 4 is 29.1 Å². The van der Waals surface area contributed by atoms with Crippen molar-refractivity contribution in [2.45, 2.75) is 38.9 Å². The predicted octanol–water partition coefficient (Wildman–Crippen LogP) is 2.74. The zero-order valence-electron chi connectivity index (χ0n) is 17.4. The average molecular weight is 457 g/mol. The summed E-state index contributed by atoms with van der Waals surface area (Å²) in [7, 11) is 0. The number of halogens is 2. The van der Waals surface area contributed by atoms with Gasteiger partial charge in [0.25, 0.3) is 5.56 Å². The fourth-order valence-corrected chi connectivity index (χ4v) is 3.99. The molecule has 0 saturated heterocycles. The Bertz CT molecular complexity index is 1230. The number of nitrogens with zero attached hydrogens (tertiary/aromatic N) is 3. The molecule has 8 nitrogen and oxygen atoms in total. The first kappa shape index (κ1) is 21.8. The normalized spacial score (nSPS) is 14.8. The third-order valence-electron chi connectivity index (χ3n) is 5.32. The van der Waals surface area contributed by atoms with E-state index in [1.54, 1.807) is 19.2 Å². The highest BCUT2D eigenvalue weighted by Crippen LogP contribution is 2.24. The molecule has 0 unspecified atom stereocenters. The fourth-order valence-electron chi connectivity index (χ4n) is 3.80. The SMILES string of the molecule is Cc1cc(F)cc(CNc2ncc3n(c2=O)[C@H](C(=O)NCc2cnc(N)c(Cl)c2)CC3)c1. The van der Waals surface area contributed by atoms with Crippen molar-refractivity contribution in [3.05, 3.63) is 80.2 Å². The molecule has 3 aromatic rings. The van der Waals surface area contributed by atoms with Gasteiger partial charge in [-0.2, -0.15) is 0 Å². The summed E-state index contributed by atoms with van der Waals surface area (Å²) in [6, 6.07) is 5.66. The molecule has 4 N–H and O–H groups in total. The van der Waals surface area contributed by atoms with Gasteiger partial charge in [0.15, 0.2) is 5.82 Å². The number of benzene rings is 1. The maximum atomic E-state index is 13.6. The summed E-state index contributed by atoms with van der Waals surface area (Å²) in [5.74, 6) is -0.282. The highest BCUT2D eigenvalue weighted by molar-refractivity contribution is 6.32. The van der Waals surface area contributed by atoms with Crippen LogP contribution >= 0.6 is 11.6 Å². The highest BCUT2D eigenvalue weighted by atomic mass is 35.5. The van der Waals surface area contributed by atoms with Gasteiger partial charge >= 0.3 is 0 Å². The third kappa shape index (κ3) is 4.57. The van der Waals surface area contributed by atoms with Crippen molar-refractivity contribution in [3.63, 3.8) is 0 Å². The maximum Gasteiger partial charge on any atom is 0.294 e. The van der Waals surface area contributed by atoms with Crippen LogP contribution in [0, 0.1) is 12.7 Å². The van der Waals surface area contributed by atoms with E-state index in [0.717, 1.165) is 5.56 Å². The van der Waals surface area contributed by atoms with Crippen LogP contribution in [-0.2, 0) is 24.3 Å². The molecule has 3 heterocycles. The largest absolute Gasteiger partial charge is 0.382 e. The van der Waals surface area contributed by atoms with E-state index < -0.39 is 6.04 Å². The van der Waals surface area contributed by atoms with Crippen LogP contribution in [0.3, 0.4) is 0 Å². The molecular weight excluding hydrogens is 435 g/mol. The van der Waals surface area contributed by atoms with E-state index in [1.165, 1.54) is 22.9 Å². The van der Waals surface area contributed by atoms with Crippen molar-refractivity contribution in [2.75, 3.05) is 11.1 Å². The molecule has 1 aromatic carbocycles. The van der Waals surface area contributed by atoms with E-state index in [4.69, 9.17) is 17.3 Å². The van der Waals surface area contributed by atoms with E-state index >= 15 is 0 Å². The molecule has 0 bridgehead atoms. The summed E-state index contributed by atoms with van der Waals surface area (Å²) >= 11 is 5.97. The van der Waals surface area contributed by atoms with Crippen LogP contribution in [-0.4, -0.2) is 20.4 Å². The van der Waals surface area contributed by atoms with Gasteiger partial charge in [0.2, 0.25) is 5.91 Å². The van der Waals surface area contributed by atoms with Crippen LogP contribution in [0.1, 0.15) is 34.8 Å². The number of hydrogen-bond donors (Lipinski definition) is 3. The minimum absolute atomic E-state index is 0.116. The summed E-state index contributed by atoms with van der Waals surface area (Å²) in [5.41, 5.74) is 8.10. The van der Waals surface area contributed by atoms with Crippen LogP contribution in [0.2, 0.25) is 5.02 Å². The molecule has 0 saturated carbocycles. The number of carbonyl (C=O) groups is 1. The summed E-state index contributed by atoms with van der Waals surface area (Å²) in [4.78, 5) is 34.0. The second-order valence-corrected chi connectivity index (χ2v) is 8.15. The number of nitrogens with one attached hydrogen (secondary N) is 2. The lowest BCUT2D eigenvalue weighted by Crippen LogP contribution is -2.36. The van der Waals surface area contributed by atoms with Gasteiger partial charge in [-0.25, -0.2) is 14.4 Å². The number of nitrogen functional groups attached to an aromatic ring is 1. The van der Waals surface area contributed by atoms with Crippen molar-refractivity contribution in [2.24, 2.45) is 0 Å². The Morgan fingerprint density at radius 2 is 2.03 bits per heavy atom. The lowest BCUT2D eigenvalue weighted by molar-refractivity contribution is -0.124. The van der Waals surface area contributed by atoms with Crippen molar-refractivity contribution < 1.29 is 9.18 Å². The average Bonchev–Trinajstić information content (AvgIpc) is 3.18. The standard InChI is InChI=1S/C22H22ClFN6O2/c1-12-4-13(6-15(24)5-12)8-27-20-22(32)30-16(11-28-20)2-3-18(30)21(31)29-10-14-7-17(23)19(25)26-9-14/h4-7,9,11,18H,2-3,8,10H2,1H3,(H2,25,26)(H,27,28)(H,29,31)/t18-/m0/s1. The molecule has 32 heavy (non-hydrogen) atoms. The van der Waals surface area contributed by atoms with Gasteiger partial charge in [-0.05, 0) is 54.7 Å². The van der Waals surface area contributed by atoms with E-state index in [-0.39, 0.29) is 42.0 Å². The van der Waals surface area contributed by atoms with Crippen molar-refractivity contribution in [1.82, 2.24) is 19.9 Å². The molecule has 0 radical (unpaired) electrons. The summed E-state index contributed by atoms with van der Waals surface area (Å²) in [5, 5.41) is 6.10. The van der Waals surface area contributed by atoms with Gasteiger partial charge in [0, 0.05) is 31.2 Å². The molecule has 0 fully saturated rings. The van der Waals surface area contributed by atoms with Crippen LogP contribution in [0.15, 0.2) is 41.5 Å². The first-order chi connectivity index (χ1) is 15.3. The molecule has 2 aromatic heterocycles. The van der Waals surface area contributed by atoms with Crippen molar-refractivity contribution in [1.29, 1.82) is 0 Å². The van der Waals surface area contributed by atoms with E-state index in [0.29, 0.717) is 34.7 Å². The first-order valence-electron chi connectivity index (χ1n) is 10.1. The Balaban J connectivity index is 1.48. The third-order valence-corrected chi connectivity index (χ3v) is 5.62. The Morgan fingerprint density at radius 1 is 1.22 bits per heavy atom. The number of hydrogen-bond acceptors (Lipinski definition) is 6. The van der Waals surface area contributed by atoms with Gasteiger partial charge in [-0.15, -0.1) is 0 Å². The minimum Gasteiger partial charge on any atom is -0.382 e. The van der Waals surface area contributed by atoms with E-state index in [9.17, 15) is 14.0 Å². The zero-order chi connectivity index (χ0) is 22.8. The second-order valence-electron chi connectivity index (χ2n) is 7.75. The number of aryl methyl sites for hydroxylation is 2. The molecule has 1 amide bonds. The van der Waals surface area contributed by atoms with Crippen LogP contribution in [0.5, 0.6) is 0 Å². The Hall–Kier alpha value is -3.46. The number of rotatable bonds is 6. The molecule has 1 aliphatic heterocycles. The summed E-state index contributed by atoms with van der Waals surface area (Å²) < 4.78 is 15.1. The van der Waals surface area contributed by atoms with Gasteiger partial charge in [0.1, 0.15) is 17.7 Å². The maximum absolute atomic E-state index is 13.6. The highest BCUT2D eigenvalue weighted by Gasteiger charge is 2.30. The number of amides is 1. The first-order valence-corrected chi connectivity index (χ1v) is 10.5. The molecule has 10 heteroatoms. The number of aromatic nitrogens is 3. The van der Waals surface area contributed by atoms with Crippen LogP contribution < -0.4 is 21.9 Å². The Morgan fingerprint density at radius 3 is 2.78 bits per heavy atom. The topological polar surface area (TPSA) is 115 Å². The molecule has 166 valence electrons. The van der Waals surface area contributed by atoms with E-state index in [2.05, 4.69) is 20.6 Å². The molecule has 4 rings (SSSR count). The van der Waals surface area contributed by atoms with Crippen LogP contribution in [0.4, 0.5) is 16.0 Å². The predicted molar refractivity (Wildman–Crippen MR) is 120 cm³/mol. The lowest BCUT2D eigenvalue weighted by atomic mass is 10.1.